The van der Waals surface area contributed by atoms with E-state index >= 15 is 0 Å². The van der Waals surface area contributed by atoms with Crippen LogP contribution in [0.15, 0.2) is 90.7 Å². The maximum Gasteiger partial charge on any atom is 0.290 e. The van der Waals surface area contributed by atoms with Gasteiger partial charge in [-0.15, -0.1) is 0 Å². The van der Waals surface area contributed by atoms with Crippen molar-refractivity contribution in [2.75, 3.05) is 0 Å². The Bertz CT molecular complexity index is 976. The van der Waals surface area contributed by atoms with Gasteiger partial charge in [-0.3, -0.25) is 4.79 Å². The van der Waals surface area contributed by atoms with Crippen LogP contribution in [0.3, 0.4) is 0 Å². The lowest BCUT2D eigenvalue weighted by Gasteiger charge is -2.27. The van der Waals surface area contributed by atoms with Gasteiger partial charge in [-0.05, 0) is 23.6 Å². The molecule has 0 radical (unpaired) electrons. The molecule has 0 aromatic heterocycles. The van der Waals surface area contributed by atoms with Crippen LogP contribution in [0.5, 0.6) is 0 Å². The molecule has 0 saturated carbocycles. The molecule has 1 aliphatic heterocycles. The molecule has 4 rings (SSSR count). The van der Waals surface area contributed by atoms with Gasteiger partial charge in [0.25, 0.3) is 5.91 Å². The van der Waals surface area contributed by atoms with Gasteiger partial charge in [0.05, 0.1) is 6.04 Å². The van der Waals surface area contributed by atoms with E-state index in [0.717, 1.165) is 22.3 Å². The second-order valence-electron chi connectivity index (χ2n) is 6.86. The molecule has 1 aliphatic rings. The van der Waals surface area contributed by atoms with E-state index in [1.807, 2.05) is 91.9 Å². The molecule has 3 heteroatoms. The number of rotatable bonds is 4. The van der Waals surface area contributed by atoms with E-state index in [4.69, 9.17) is 0 Å². The molecule has 0 bridgehead atoms. The lowest BCUT2D eigenvalue weighted by molar-refractivity contribution is -0.130. The topological polar surface area (TPSA) is 40.5 Å². The molecule has 1 atom stereocenters. The normalized spacial score (nSPS) is 16.9. The summed E-state index contributed by atoms with van der Waals surface area (Å²) in [7, 11) is 0. The SMILES string of the molecule is Cc1ccc(C2=C(O)C(=O)N(Cc3ccccc3)[C@@H]2c2ccccc2)cc1. The Kier molecular flexibility index (Phi) is 4.51. The third-order valence-corrected chi connectivity index (χ3v) is 4.98. The first-order valence-electron chi connectivity index (χ1n) is 9.05. The van der Waals surface area contributed by atoms with E-state index in [1.54, 1.807) is 4.90 Å². The van der Waals surface area contributed by atoms with Crippen molar-refractivity contribution in [1.82, 2.24) is 4.90 Å². The molecule has 0 aliphatic carbocycles. The van der Waals surface area contributed by atoms with Gasteiger partial charge in [-0.1, -0.05) is 90.5 Å². The number of aliphatic hydroxyl groups is 1. The van der Waals surface area contributed by atoms with E-state index in [0.29, 0.717) is 12.1 Å². The molecule has 134 valence electrons. The predicted molar refractivity (Wildman–Crippen MR) is 107 cm³/mol. The summed E-state index contributed by atoms with van der Waals surface area (Å²) in [6.07, 6.45) is 0. The van der Waals surface area contributed by atoms with Gasteiger partial charge in [-0.2, -0.15) is 0 Å². The van der Waals surface area contributed by atoms with Gasteiger partial charge in [0, 0.05) is 12.1 Å². The van der Waals surface area contributed by atoms with Crippen molar-refractivity contribution in [3.63, 3.8) is 0 Å². The summed E-state index contributed by atoms with van der Waals surface area (Å²) in [5.74, 6) is -0.494. The highest BCUT2D eigenvalue weighted by Crippen LogP contribution is 2.43. The zero-order chi connectivity index (χ0) is 18.8. The summed E-state index contributed by atoms with van der Waals surface area (Å²) in [4.78, 5) is 14.7. The Morgan fingerprint density at radius 2 is 1.44 bits per heavy atom. The highest BCUT2D eigenvalue weighted by atomic mass is 16.3. The van der Waals surface area contributed by atoms with E-state index < -0.39 is 0 Å². The van der Waals surface area contributed by atoms with Crippen LogP contribution in [0, 0.1) is 6.92 Å². The van der Waals surface area contributed by atoms with E-state index in [2.05, 4.69) is 0 Å². The van der Waals surface area contributed by atoms with Gasteiger partial charge in [0.15, 0.2) is 5.76 Å². The number of hydrogen-bond acceptors (Lipinski definition) is 2. The fraction of sp³-hybridized carbons (Fsp3) is 0.125. The third kappa shape index (κ3) is 3.24. The van der Waals surface area contributed by atoms with Crippen LogP contribution in [0.2, 0.25) is 0 Å². The van der Waals surface area contributed by atoms with Crippen LogP contribution in [0.25, 0.3) is 5.57 Å². The van der Waals surface area contributed by atoms with Crippen molar-refractivity contribution in [3.8, 4) is 0 Å². The molecule has 0 spiro atoms. The molecule has 0 saturated heterocycles. The first-order valence-corrected chi connectivity index (χ1v) is 9.05. The first kappa shape index (κ1) is 17.1. The third-order valence-electron chi connectivity index (χ3n) is 4.98. The van der Waals surface area contributed by atoms with Gasteiger partial charge >= 0.3 is 0 Å². The number of aryl methyl sites for hydroxylation is 1. The number of benzene rings is 3. The molecule has 3 aromatic carbocycles. The van der Waals surface area contributed by atoms with Gasteiger partial charge in [0.1, 0.15) is 0 Å². The number of aliphatic hydroxyl groups excluding tert-OH is 1. The summed E-state index contributed by atoms with van der Waals surface area (Å²) >= 11 is 0. The lowest BCUT2D eigenvalue weighted by atomic mass is 9.93. The van der Waals surface area contributed by atoms with Crippen molar-refractivity contribution in [1.29, 1.82) is 0 Å². The fourth-order valence-corrected chi connectivity index (χ4v) is 3.61. The van der Waals surface area contributed by atoms with E-state index in [9.17, 15) is 9.90 Å². The van der Waals surface area contributed by atoms with Gasteiger partial charge in [-0.25, -0.2) is 0 Å². The van der Waals surface area contributed by atoms with Crippen molar-refractivity contribution < 1.29 is 9.90 Å². The molecule has 3 aromatic rings. The number of carbonyl (C=O) groups excluding carboxylic acids is 1. The Labute approximate surface area is 159 Å². The first-order chi connectivity index (χ1) is 13.1. The summed E-state index contributed by atoms with van der Waals surface area (Å²) in [5, 5.41) is 10.7. The molecule has 1 N–H and O–H groups in total. The molecule has 0 fully saturated rings. The highest BCUT2D eigenvalue weighted by molar-refractivity contribution is 6.05. The average molecular weight is 355 g/mol. The molecule has 1 amide bonds. The van der Waals surface area contributed by atoms with Crippen LogP contribution in [-0.2, 0) is 11.3 Å². The molecule has 27 heavy (non-hydrogen) atoms. The van der Waals surface area contributed by atoms with Gasteiger partial charge in [0.2, 0.25) is 0 Å². The zero-order valence-corrected chi connectivity index (χ0v) is 15.2. The largest absolute Gasteiger partial charge is 0.503 e. The van der Waals surface area contributed by atoms with Crippen LogP contribution in [-0.4, -0.2) is 15.9 Å². The fourth-order valence-electron chi connectivity index (χ4n) is 3.61. The van der Waals surface area contributed by atoms with Crippen LogP contribution < -0.4 is 0 Å². The molecular formula is C24H21NO2. The average Bonchev–Trinajstić information content (AvgIpc) is 2.95. The van der Waals surface area contributed by atoms with E-state index in [1.165, 1.54) is 0 Å². The predicted octanol–water partition coefficient (Wildman–Crippen LogP) is 5.05. The van der Waals surface area contributed by atoms with Crippen LogP contribution in [0.4, 0.5) is 0 Å². The van der Waals surface area contributed by atoms with Crippen LogP contribution >= 0.6 is 0 Å². The van der Waals surface area contributed by atoms with Crippen molar-refractivity contribution in [3.05, 3.63) is 113 Å². The zero-order valence-electron chi connectivity index (χ0n) is 15.2. The minimum absolute atomic E-state index is 0.163. The smallest absolute Gasteiger partial charge is 0.290 e. The Hall–Kier alpha value is -3.33. The second-order valence-corrected chi connectivity index (χ2v) is 6.86. The molecular weight excluding hydrogens is 334 g/mol. The van der Waals surface area contributed by atoms with Crippen molar-refractivity contribution >= 4 is 11.5 Å². The monoisotopic (exact) mass is 355 g/mol. The Morgan fingerprint density at radius 3 is 2.07 bits per heavy atom. The minimum atomic E-state index is -0.330. The Balaban J connectivity index is 1.81. The molecule has 3 nitrogen and oxygen atoms in total. The minimum Gasteiger partial charge on any atom is -0.503 e. The number of amides is 1. The number of hydrogen-bond donors (Lipinski definition) is 1. The van der Waals surface area contributed by atoms with Gasteiger partial charge < -0.3 is 10.0 Å². The highest BCUT2D eigenvalue weighted by Gasteiger charge is 2.40. The number of carbonyl (C=O) groups is 1. The summed E-state index contributed by atoms with van der Waals surface area (Å²) < 4.78 is 0. The lowest BCUT2D eigenvalue weighted by Crippen LogP contribution is -2.29. The number of nitrogens with zero attached hydrogens (tertiary/aromatic N) is 1. The van der Waals surface area contributed by atoms with E-state index in [-0.39, 0.29) is 17.7 Å². The van der Waals surface area contributed by atoms with Crippen molar-refractivity contribution in [2.24, 2.45) is 0 Å². The Morgan fingerprint density at radius 1 is 0.852 bits per heavy atom. The maximum absolute atomic E-state index is 13.0. The molecule has 1 heterocycles. The van der Waals surface area contributed by atoms with Crippen LogP contribution in [0.1, 0.15) is 28.3 Å². The quantitative estimate of drug-likeness (QED) is 0.711. The van der Waals surface area contributed by atoms with Crippen molar-refractivity contribution in [2.45, 2.75) is 19.5 Å². The summed E-state index contributed by atoms with van der Waals surface area (Å²) in [5.41, 5.74) is 4.70. The standard InChI is InChI=1S/C24H21NO2/c1-17-12-14-19(15-13-17)21-22(20-10-6-3-7-11-20)25(24(27)23(21)26)16-18-8-4-2-5-9-18/h2-15,22,26H,16H2,1H3/t22-/m1/s1. The maximum atomic E-state index is 13.0. The summed E-state index contributed by atoms with van der Waals surface area (Å²) in [6, 6.07) is 27.4. The summed E-state index contributed by atoms with van der Waals surface area (Å²) in [6.45, 7) is 2.47. The second kappa shape index (κ2) is 7.12. The molecule has 0 unspecified atom stereocenters.